The van der Waals surface area contributed by atoms with Crippen molar-refractivity contribution in [2.24, 2.45) is 5.92 Å². The topological polar surface area (TPSA) is 108 Å². The number of aryl methyl sites for hydroxylation is 1. The molecule has 1 aliphatic rings. The Morgan fingerprint density at radius 1 is 1.14 bits per heavy atom. The number of aromatic nitrogens is 3. The third-order valence-corrected chi connectivity index (χ3v) is 5.73. The number of anilines is 2. The molecule has 0 bridgehead atoms. The fourth-order valence-electron chi connectivity index (χ4n) is 4.08. The molecule has 0 radical (unpaired) electrons. The molecule has 2 unspecified atom stereocenters. The zero-order valence-corrected chi connectivity index (χ0v) is 19.6. The number of rotatable bonds is 5. The number of hydrogen-bond donors (Lipinski definition) is 3. The van der Waals surface area contributed by atoms with Gasteiger partial charge in [-0.05, 0) is 61.6 Å². The molecule has 0 saturated heterocycles. The van der Waals surface area contributed by atoms with Gasteiger partial charge < -0.3 is 15.5 Å². The first-order chi connectivity index (χ1) is 16.5. The van der Waals surface area contributed by atoms with E-state index >= 15 is 0 Å². The van der Waals surface area contributed by atoms with Crippen LogP contribution < -0.4 is 5.32 Å². The summed E-state index contributed by atoms with van der Waals surface area (Å²) in [5, 5.41) is 23.1. The molecule has 2 heterocycles. The number of aliphatic hydroxyl groups is 1. The number of benzene rings is 1. The molecule has 2 aromatic heterocycles. The maximum atomic E-state index is 12.9. The summed E-state index contributed by atoms with van der Waals surface area (Å²) in [5.41, 5.74) is 0.919. The molecule has 3 N–H and O–H groups in total. The predicted octanol–water partition coefficient (Wildman–Crippen LogP) is 5.71. The summed E-state index contributed by atoms with van der Waals surface area (Å²) in [7, 11) is 0. The van der Waals surface area contributed by atoms with Crippen LogP contribution in [-0.2, 0) is 16.6 Å². The van der Waals surface area contributed by atoms with Crippen LogP contribution >= 0.6 is 0 Å². The van der Waals surface area contributed by atoms with Gasteiger partial charge in [0, 0.05) is 35.4 Å². The van der Waals surface area contributed by atoms with Crippen LogP contribution in [0.1, 0.15) is 49.9 Å². The van der Waals surface area contributed by atoms with Gasteiger partial charge >= 0.3 is 12.1 Å². The van der Waals surface area contributed by atoms with Crippen LogP contribution in [0.2, 0.25) is 0 Å². The fourth-order valence-corrected chi connectivity index (χ4v) is 4.08. The van der Waals surface area contributed by atoms with Crippen molar-refractivity contribution in [2.45, 2.75) is 51.8 Å². The highest BCUT2D eigenvalue weighted by Gasteiger charge is 2.42. The molecule has 186 valence electrons. The van der Waals surface area contributed by atoms with Crippen LogP contribution in [0.3, 0.4) is 0 Å². The van der Waals surface area contributed by atoms with Crippen LogP contribution in [0, 0.1) is 12.8 Å². The van der Waals surface area contributed by atoms with E-state index in [1.165, 1.54) is 6.20 Å². The standard InChI is InChI=1S/C23H21F3N4O3.C2H6/c1-13-6-15(9-18(7-13)29-21-28-5-3-19(30-21)23(24,25)26)16-8-17(12-27-11-16)22(33)4-2-14(10-22)20(31)32;1-2/h3,5-9,11-12,14,33H,2,4,10H2,1H3,(H,31,32)(H,28,29,30);1-2H3. The first kappa shape index (κ1) is 26.1. The van der Waals surface area contributed by atoms with E-state index in [1.807, 2.05) is 26.8 Å². The highest BCUT2D eigenvalue weighted by Crippen LogP contribution is 2.43. The monoisotopic (exact) mass is 488 g/mol. The third kappa shape index (κ3) is 6.13. The van der Waals surface area contributed by atoms with Gasteiger partial charge in [0.05, 0.1) is 11.5 Å². The predicted molar refractivity (Wildman–Crippen MR) is 125 cm³/mol. The molecule has 0 spiro atoms. The first-order valence-corrected chi connectivity index (χ1v) is 11.2. The molecule has 35 heavy (non-hydrogen) atoms. The van der Waals surface area contributed by atoms with Crippen molar-refractivity contribution in [1.29, 1.82) is 0 Å². The largest absolute Gasteiger partial charge is 0.481 e. The van der Waals surface area contributed by atoms with Crippen molar-refractivity contribution in [3.05, 3.63) is 65.7 Å². The molecular weight excluding hydrogens is 461 g/mol. The summed E-state index contributed by atoms with van der Waals surface area (Å²) in [4.78, 5) is 22.9. The van der Waals surface area contributed by atoms with Crippen molar-refractivity contribution < 1.29 is 28.2 Å². The van der Waals surface area contributed by atoms with E-state index in [0.717, 1.165) is 23.4 Å². The number of carboxylic acids is 1. The number of carboxylic acid groups (broad SMARTS) is 1. The number of halogens is 3. The second kappa shape index (κ2) is 10.4. The van der Waals surface area contributed by atoms with Crippen molar-refractivity contribution in [3.8, 4) is 11.1 Å². The van der Waals surface area contributed by atoms with E-state index in [9.17, 15) is 28.2 Å². The zero-order chi connectivity index (χ0) is 25.8. The number of aliphatic carboxylic acids is 1. The van der Waals surface area contributed by atoms with Crippen LogP contribution in [0.25, 0.3) is 11.1 Å². The maximum Gasteiger partial charge on any atom is 0.433 e. The molecule has 1 saturated carbocycles. The lowest BCUT2D eigenvalue weighted by Crippen LogP contribution is -2.23. The molecule has 1 aliphatic carbocycles. The second-order valence-corrected chi connectivity index (χ2v) is 8.25. The third-order valence-electron chi connectivity index (χ3n) is 5.73. The molecular formula is C25H27F3N4O3. The van der Waals surface area contributed by atoms with Crippen LogP contribution in [0.4, 0.5) is 24.8 Å². The Labute approximate surface area is 201 Å². The molecule has 3 aromatic rings. The maximum absolute atomic E-state index is 12.9. The quantitative estimate of drug-likeness (QED) is 0.422. The Morgan fingerprint density at radius 2 is 1.89 bits per heavy atom. The Kier molecular flexibility index (Phi) is 7.74. The molecule has 7 nitrogen and oxygen atoms in total. The van der Waals surface area contributed by atoms with Crippen molar-refractivity contribution in [3.63, 3.8) is 0 Å². The van der Waals surface area contributed by atoms with Crippen LogP contribution in [0.5, 0.6) is 0 Å². The second-order valence-electron chi connectivity index (χ2n) is 8.25. The van der Waals surface area contributed by atoms with Crippen molar-refractivity contribution >= 4 is 17.6 Å². The molecule has 2 atom stereocenters. The van der Waals surface area contributed by atoms with Gasteiger partial charge in [-0.2, -0.15) is 13.2 Å². The number of pyridine rings is 1. The van der Waals surface area contributed by atoms with Gasteiger partial charge in [-0.3, -0.25) is 9.78 Å². The Bertz CT molecular complexity index is 1200. The summed E-state index contributed by atoms with van der Waals surface area (Å²) < 4.78 is 38.8. The van der Waals surface area contributed by atoms with Gasteiger partial charge in [0.15, 0.2) is 0 Å². The average Bonchev–Trinajstić information content (AvgIpc) is 3.24. The van der Waals surface area contributed by atoms with E-state index in [0.29, 0.717) is 29.7 Å². The lowest BCUT2D eigenvalue weighted by molar-refractivity contribution is -0.142. The lowest BCUT2D eigenvalue weighted by Gasteiger charge is -2.23. The van der Waals surface area contributed by atoms with Gasteiger partial charge in [-0.25, -0.2) is 9.97 Å². The van der Waals surface area contributed by atoms with E-state index < -0.39 is 29.4 Å². The molecule has 4 rings (SSSR count). The number of alkyl halides is 3. The molecule has 0 amide bonds. The Hall–Kier alpha value is -3.53. The summed E-state index contributed by atoms with van der Waals surface area (Å²) in [5.74, 6) is -1.73. The van der Waals surface area contributed by atoms with Gasteiger partial charge in [0.2, 0.25) is 5.95 Å². The molecule has 10 heteroatoms. The van der Waals surface area contributed by atoms with Gasteiger partial charge in [0.25, 0.3) is 0 Å². The normalized spacial score (nSPS) is 19.6. The smallest absolute Gasteiger partial charge is 0.433 e. The summed E-state index contributed by atoms with van der Waals surface area (Å²) in [6.45, 7) is 5.83. The highest BCUT2D eigenvalue weighted by molar-refractivity contribution is 5.72. The van der Waals surface area contributed by atoms with Crippen LogP contribution in [0.15, 0.2) is 48.9 Å². The number of nitrogens with one attached hydrogen (secondary N) is 1. The minimum absolute atomic E-state index is 0.112. The van der Waals surface area contributed by atoms with E-state index in [1.54, 1.807) is 24.4 Å². The van der Waals surface area contributed by atoms with E-state index in [2.05, 4.69) is 20.3 Å². The summed E-state index contributed by atoms with van der Waals surface area (Å²) >= 11 is 0. The lowest BCUT2D eigenvalue weighted by atomic mass is 9.90. The first-order valence-electron chi connectivity index (χ1n) is 11.2. The van der Waals surface area contributed by atoms with Gasteiger partial charge in [-0.15, -0.1) is 0 Å². The molecule has 1 fully saturated rings. The minimum atomic E-state index is -4.58. The summed E-state index contributed by atoms with van der Waals surface area (Å²) in [6, 6.07) is 7.89. The average molecular weight is 489 g/mol. The van der Waals surface area contributed by atoms with Crippen molar-refractivity contribution in [1.82, 2.24) is 15.0 Å². The number of nitrogens with zero attached hydrogens (tertiary/aromatic N) is 3. The summed E-state index contributed by atoms with van der Waals surface area (Å²) in [6.07, 6.45) is 0.405. The SMILES string of the molecule is CC.Cc1cc(Nc2nccc(C(F)(F)F)n2)cc(-c2cncc(C3(O)CCC(C(=O)O)C3)c2)c1. The number of carbonyl (C=O) groups is 1. The van der Waals surface area contributed by atoms with Crippen molar-refractivity contribution in [2.75, 3.05) is 5.32 Å². The van der Waals surface area contributed by atoms with Gasteiger partial charge in [-0.1, -0.05) is 19.9 Å². The minimum Gasteiger partial charge on any atom is -0.481 e. The van der Waals surface area contributed by atoms with E-state index in [4.69, 9.17) is 0 Å². The number of hydrogen-bond acceptors (Lipinski definition) is 6. The van der Waals surface area contributed by atoms with Gasteiger partial charge in [0.1, 0.15) is 5.69 Å². The van der Waals surface area contributed by atoms with Crippen LogP contribution in [-0.4, -0.2) is 31.1 Å². The highest BCUT2D eigenvalue weighted by atomic mass is 19.4. The fraction of sp³-hybridized carbons (Fsp3) is 0.360. The molecule has 1 aromatic carbocycles. The van der Waals surface area contributed by atoms with E-state index in [-0.39, 0.29) is 12.4 Å². The Balaban J connectivity index is 0.00000167. The Morgan fingerprint density at radius 3 is 2.54 bits per heavy atom. The zero-order valence-electron chi connectivity index (χ0n) is 19.6. The molecule has 0 aliphatic heterocycles.